The van der Waals surface area contributed by atoms with E-state index in [0.29, 0.717) is 24.4 Å². The smallest absolute Gasteiger partial charge is 0.311 e. The number of piperazine rings is 1. The first kappa shape index (κ1) is 21.1. The van der Waals surface area contributed by atoms with Crippen molar-refractivity contribution in [3.63, 3.8) is 0 Å². The van der Waals surface area contributed by atoms with Gasteiger partial charge in [0.05, 0.1) is 22.9 Å². The second kappa shape index (κ2) is 8.91. The first-order valence-electron chi connectivity index (χ1n) is 10.6. The molecule has 1 saturated heterocycles. The Hall–Kier alpha value is -3.17. The van der Waals surface area contributed by atoms with Gasteiger partial charge in [0, 0.05) is 56.2 Å². The third-order valence-electron chi connectivity index (χ3n) is 5.75. The van der Waals surface area contributed by atoms with Crippen LogP contribution in [0, 0.1) is 10.1 Å². The predicted molar refractivity (Wildman–Crippen MR) is 120 cm³/mol. The van der Waals surface area contributed by atoms with Crippen LogP contribution in [0.5, 0.6) is 5.75 Å². The molecule has 0 saturated carbocycles. The van der Waals surface area contributed by atoms with E-state index in [-0.39, 0.29) is 11.4 Å². The summed E-state index contributed by atoms with van der Waals surface area (Å²) in [5.74, 6) is 0.265. The van der Waals surface area contributed by atoms with Gasteiger partial charge in [-0.25, -0.2) is 4.98 Å². The molecule has 9 heteroatoms. The van der Waals surface area contributed by atoms with Crippen LogP contribution in [-0.4, -0.2) is 63.4 Å². The number of nitro groups is 1. The molecule has 9 nitrogen and oxygen atoms in total. The molecule has 1 aromatic carbocycles. The lowest BCUT2D eigenvalue weighted by Crippen LogP contribution is -2.45. The van der Waals surface area contributed by atoms with Gasteiger partial charge < -0.3 is 19.8 Å². The molecule has 0 radical (unpaired) electrons. The van der Waals surface area contributed by atoms with Gasteiger partial charge in [0.2, 0.25) is 0 Å². The van der Waals surface area contributed by atoms with E-state index in [0.717, 1.165) is 49.8 Å². The molecule has 2 N–H and O–H groups in total. The summed E-state index contributed by atoms with van der Waals surface area (Å²) in [6, 6.07) is 8.73. The predicted octanol–water partition coefficient (Wildman–Crippen LogP) is 3.03. The van der Waals surface area contributed by atoms with Crippen molar-refractivity contribution >= 4 is 17.0 Å². The number of imidazole rings is 1. The SMILES string of the molecule is CCOc1ccc(-c2nc3ccc(N)cn3c2CN2CCN(CC)CC2)cc1[N+](=O)[O-]. The van der Waals surface area contributed by atoms with E-state index in [4.69, 9.17) is 15.5 Å². The third-order valence-corrected chi connectivity index (χ3v) is 5.75. The number of hydrogen-bond acceptors (Lipinski definition) is 7. The van der Waals surface area contributed by atoms with Crippen LogP contribution in [0.25, 0.3) is 16.9 Å². The standard InChI is InChI=1S/C22H28N6O3/c1-3-25-9-11-26(12-10-25)15-19-22(24-21-8-6-17(23)14-27(19)21)16-5-7-20(31-4-2)18(13-16)28(29)30/h5-8,13-14H,3-4,9-12,15,23H2,1-2H3. The van der Waals surface area contributed by atoms with Crippen molar-refractivity contribution in [1.82, 2.24) is 19.2 Å². The molecule has 0 amide bonds. The Labute approximate surface area is 181 Å². The lowest BCUT2D eigenvalue weighted by Gasteiger charge is -2.34. The molecule has 164 valence electrons. The molecule has 31 heavy (non-hydrogen) atoms. The molecule has 0 atom stereocenters. The van der Waals surface area contributed by atoms with Crippen molar-refractivity contribution in [3.05, 3.63) is 52.3 Å². The number of hydrogen-bond donors (Lipinski definition) is 1. The monoisotopic (exact) mass is 424 g/mol. The molecule has 2 aromatic heterocycles. The summed E-state index contributed by atoms with van der Waals surface area (Å²) in [6.07, 6.45) is 1.87. The van der Waals surface area contributed by atoms with Gasteiger partial charge in [0.15, 0.2) is 5.75 Å². The van der Waals surface area contributed by atoms with E-state index < -0.39 is 4.92 Å². The fourth-order valence-corrected chi connectivity index (χ4v) is 4.05. The Bertz CT molecular complexity index is 1090. The number of benzene rings is 1. The molecular formula is C22H28N6O3. The Kier molecular flexibility index (Phi) is 6.06. The summed E-state index contributed by atoms with van der Waals surface area (Å²) in [7, 11) is 0. The van der Waals surface area contributed by atoms with Crippen molar-refractivity contribution in [2.24, 2.45) is 0 Å². The molecule has 0 spiro atoms. The van der Waals surface area contributed by atoms with Crippen molar-refractivity contribution in [3.8, 4) is 17.0 Å². The number of nitrogen functional groups attached to an aromatic ring is 1. The topological polar surface area (TPSA) is 102 Å². The van der Waals surface area contributed by atoms with Crippen molar-refractivity contribution in [1.29, 1.82) is 0 Å². The maximum atomic E-state index is 11.6. The highest BCUT2D eigenvalue weighted by Crippen LogP contribution is 2.34. The van der Waals surface area contributed by atoms with E-state index in [1.165, 1.54) is 0 Å². The lowest BCUT2D eigenvalue weighted by atomic mass is 10.1. The highest BCUT2D eigenvalue weighted by Gasteiger charge is 2.23. The normalized spacial score (nSPS) is 15.4. The van der Waals surface area contributed by atoms with Gasteiger partial charge in [-0.3, -0.25) is 15.0 Å². The van der Waals surface area contributed by atoms with Gasteiger partial charge in [-0.2, -0.15) is 0 Å². The largest absolute Gasteiger partial charge is 0.487 e. The number of nitrogens with two attached hydrogens (primary N) is 1. The van der Waals surface area contributed by atoms with Crippen LogP contribution in [-0.2, 0) is 6.54 Å². The summed E-state index contributed by atoms with van der Waals surface area (Å²) in [5.41, 5.74) is 9.81. The number of anilines is 1. The van der Waals surface area contributed by atoms with Gasteiger partial charge in [-0.15, -0.1) is 0 Å². The first-order chi connectivity index (χ1) is 15.0. The number of pyridine rings is 1. The number of fused-ring (bicyclic) bond motifs is 1. The van der Waals surface area contributed by atoms with Gasteiger partial charge >= 0.3 is 5.69 Å². The minimum atomic E-state index is -0.411. The highest BCUT2D eigenvalue weighted by molar-refractivity contribution is 5.71. The van der Waals surface area contributed by atoms with Crippen LogP contribution in [0.2, 0.25) is 0 Å². The van der Waals surface area contributed by atoms with Crippen LogP contribution in [0.3, 0.4) is 0 Å². The molecular weight excluding hydrogens is 396 g/mol. The Morgan fingerprint density at radius 3 is 2.55 bits per heavy atom. The van der Waals surface area contributed by atoms with E-state index in [1.54, 1.807) is 19.1 Å². The van der Waals surface area contributed by atoms with Crippen LogP contribution in [0.15, 0.2) is 36.5 Å². The molecule has 3 heterocycles. The highest BCUT2D eigenvalue weighted by atomic mass is 16.6. The molecule has 0 unspecified atom stereocenters. The zero-order valence-corrected chi connectivity index (χ0v) is 18.0. The number of aromatic nitrogens is 2. The number of rotatable bonds is 7. The summed E-state index contributed by atoms with van der Waals surface area (Å²) in [6.45, 7) is 10.1. The molecule has 1 aliphatic heterocycles. The van der Waals surface area contributed by atoms with Crippen LogP contribution < -0.4 is 10.5 Å². The average molecular weight is 425 g/mol. The van der Waals surface area contributed by atoms with E-state index in [1.807, 2.05) is 28.8 Å². The molecule has 1 fully saturated rings. The maximum absolute atomic E-state index is 11.6. The lowest BCUT2D eigenvalue weighted by molar-refractivity contribution is -0.385. The Morgan fingerprint density at radius 1 is 1.13 bits per heavy atom. The fraction of sp³-hybridized carbons (Fsp3) is 0.409. The fourth-order valence-electron chi connectivity index (χ4n) is 4.05. The van der Waals surface area contributed by atoms with Gasteiger partial charge in [0.25, 0.3) is 0 Å². The number of likely N-dealkylation sites (N-methyl/N-ethyl adjacent to an activating group) is 1. The van der Waals surface area contributed by atoms with Gasteiger partial charge in [0.1, 0.15) is 5.65 Å². The van der Waals surface area contributed by atoms with Crippen LogP contribution in [0.4, 0.5) is 11.4 Å². The number of nitro benzene ring substituents is 1. The van der Waals surface area contributed by atoms with E-state index >= 15 is 0 Å². The minimum absolute atomic E-state index is 0.0570. The maximum Gasteiger partial charge on any atom is 0.311 e. The second-order valence-electron chi connectivity index (χ2n) is 7.68. The quantitative estimate of drug-likeness (QED) is 0.459. The van der Waals surface area contributed by atoms with Crippen LogP contribution >= 0.6 is 0 Å². The van der Waals surface area contributed by atoms with Gasteiger partial charge in [-0.1, -0.05) is 6.92 Å². The van der Waals surface area contributed by atoms with E-state index in [9.17, 15) is 10.1 Å². The van der Waals surface area contributed by atoms with Crippen molar-refractivity contribution in [2.75, 3.05) is 45.1 Å². The zero-order valence-electron chi connectivity index (χ0n) is 18.0. The van der Waals surface area contributed by atoms with E-state index in [2.05, 4.69) is 16.7 Å². The summed E-state index contributed by atoms with van der Waals surface area (Å²) in [5, 5.41) is 11.6. The molecule has 1 aliphatic rings. The molecule has 0 bridgehead atoms. The Balaban J connectivity index is 1.76. The van der Waals surface area contributed by atoms with Crippen molar-refractivity contribution < 1.29 is 9.66 Å². The molecule has 3 aromatic rings. The molecule has 0 aliphatic carbocycles. The summed E-state index contributed by atoms with van der Waals surface area (Å²) in [4.78, 5) is 20.8. The average Bonchev–Trinajstić information content (AvgIpc) is 3.12. The number of ether oxygens (including phenoxy) is 1. The van der Waals surface area contributed by atoms with Gasteiger partial charge in [-0.05, 0) is 37.7 Å². The van der Waals surface area contributed by atoms with Crippen LogP contribution in [0.1, 0.15) is 19.5 Å². The Morgan fingerprint density at radius 2 is 1.87 bits per heavy atom. The minimum Gasteiger partial charge on any atom is -0.487 e. The zero-order chi connectivity index (χ0) is 22.0. The third kappa shape index (κ3) is 4.33. The second-order valence-corrected chi connectivity index (χ2v) is 7.68. The molecule has 4 rings (SSSR count). The number of nitrogens with zero attached hydrogens (tertiary/aromatic N) is 5. The summed E-state index contributed by atoms with van der Waals surface area (Å²) < 4.78 is 7.44. The summed E-state index contributed by atoms with van der Waals surface area (Å²) >= 11 is 0. The van der Waals surface area contributed by atoms with Crippen molar-refractivity contribution in [2.45, 2.75) is 20.4 Å². The first-order valence-corrected chi connectivity index (χ1v) is 10.6.